The van der Waals surface area contributed by atoms with Crippen molar-refractivity contribution in [3.63, 3.8) is 0 Å². The number of para-hydroxylation sites is 3. The Kier molecular flexibility index (Phi) is 8.29. The molecule has 0 atom stereocenters. The summed E-state index contributed by atoms with van der Waals surface area (Å²) in [6.45, 7) is 4.50. The molecule has 2 aliphatic carbocycles. The van der Waals surface area contributed by atoms with Gasteiger partial charge in [0.15, 0.2) is 0 Å². The maximum atomic E-state index is 6.46. The van der Waals surface area contributed by atoms with Crippen molar-refractivity contribution in [1.82, 2.24) is 4.57 Å². The standard InChI is InChI=1S/C50H41NO/c1-34(38-19-8-3-4-9-20-39(36-17-6-5-7-18-36)42-22-11-10-21-41(38)42)29-30-35(2)51-47-27-14-12-23-43(47)44-32-31-37(33-48(44)51)40-25-16-26-46-45-24-13-15-28-49(45)52-50(40)46/h3-6,8-17,21-33H,7,18-20H2,1-2H3/b8-3-,9-4-,34-29+,35-30+,41-38+,42-39+. The van der Waals surface area contributed by atoms with Crippen molar-refractivity contribution < 1.29 is 4.42 Å². The number of allylic oxidation sites excluding steroid dienone is 12. The summed E-state index contributed by atoms with van der Waals surface area (Å²) in [5.41, 5.74) is 13.2. The van der Waals surface area contributed by atoms with Crippen molar-refractivity contribution in [3.05, 3.63) is 185 Å². The van der Waals surface area contributed by atoms with Gasteiger partial charge < -0.3 is 8.98 Å². The Hall–Kier alpha value is -6.12. The normalized spacial score (nSPS) is 18.9. The first kappa shape index (κ1) is 31.8. The first-order valence-corrected chi connectivity index (χ1v) is 18.4. The number of benzene rings is 5. The minimum atomic E-state index is 0.870. The highest BCUT2D eigenvalue weighted by Crippen LogP contribution is 2.39. The van der Waals surface area contributed by atoms with Crippen LogP contribution in [0.4, 0.5) is 0 Å². The molecule has 0 bridgehead atoms. The summed E-state index contributed by atoms with van der Waals surface area (Å²) >= 11 is 0. The first-order valence-electron chi connectivity index (χ1n) is 18.4. The van der Waals surface area contributed by atoms with E-state index in [-0.39, 0.29) is 0 Å². The van der Waals surface area contributed by atoms with Gasteiger partial charge in [0.2, 0.25) is 0 Å². The Bertz CT molecular complexity index is 2860. The third-order valence-corrected chi connectivity index (χ3v) is 10.8. The van der Waals surface area contributed by atoms with E-state index in [0.29, 0.717) is 0 Å². The molecular formula is C50H41NO. The molecule has 0 spiro atoms. The molecule has 0 amide bonds. The predicted molar refractivity (Wildman–Crippen MR) is 222 cm³/mol. The van der Waals surface area contributed by atoms with E-state index >= 15 is 0 Å². The molecule has 2 heterocycles. The summed E-state index contributed by atoms with van der Waals surface area (Å²) in [5.74, 6) is 0. The van der Waals surface area contributed by atoms with Crippen LogP contribution in [0.3, 0.4) is 0 Å². The molecule has 2 aromatic heterocycles. The van der Waals surface area contributed by atoms with Gasteiger partial charge in [0.1, 0.15) is 11.2 Å². The highest BCUT2D eigenvalue weighted by Gasteiger charge is 2.16. The molecule has 2 heteroatoms. The van der Waals surface area contributed by atoms with E-state index in [4.69, 9.17) is 4.42 Å². The Labute approximate surface area is 304 Å². The molecular weight excluding hydrogens is 631 g/mol. The van der Waals surface area contributed by atoms with E-state index in [1.807, 2.05) is 6.07 Å². The van der Waals surface area contributed by atoms with Crippen LogP contribution in [0.25, 0.3) is 71.7 Å². The van der Waals surface area contributed by atoms with E-state index < -0.39 is 0 Å². The van der Waals surface area contributed by atoms with Crippen LogP contribution in [0.2, 0.25) is 0 Å². The Morgan fingerprint density at radius 3 is 2.25 bits per heavy atom. The monoisotopic (exact) mass is 671 g/mol. The lowest BCUT2D eigenvalue weighted by Gasteiger charge is -2.15. The molecule has 0 unspecified atom stereocenters. The maximum Gasteiger partial charge on any atom is 0.143 e. The number of hydrogen-bond acceptors (Lipinski definition) is 1. The predicted octanol–water partition coefficient (Wildman–Crippen LogP) is 12.4. The van der Waals surface area contributed by atoms with Crippen LogP contribution in [0.5, 0.6) is 0 Å². The fourth-order valence-corrected chi connectivity index (χ4v) is 8.20. The van der Waals surface area contributed by atoms with Gasteiger partial charge in [-0.25, -0.2) is 0 Å². The van der Waals surface area contributed by atoms with Gasteiger partial charge in [0.05, 0.1) is 11.0 Å². The molecule has 0 N–H and O–H groups in total. The highest BCUT2D eigenvalue weighted by molar-refractivity contribution is 6.13. The summed E-state index contributed by atoms with van der Waals surface area (Å²) in [7, 11) is 0. The van der Waals surface area contributed by atoms with Crippen molar-refractivity contribution in [2.24, 2.45) is 0 Å². The van der Waals surface area contributed by atoms with Gasteiger partial charge >= 0.3 is 0 Å². The van der Waals surface area contributed by atoms with Crippen molar-refractivity contribution in [1.29, 1.82) is 0 Å². The van der Waals surface area contributed by atoms with Gasteiger partial charge in [0.25, 0.3) is 0 Å². The Balaban J connectivity index is 1.20. The first-order chi connectivity index (χ1) is 25.7. The molecule has 252 valence electrons. The number of furan rings is 1. The third-order valence-electron chi connectivity index (χ3n) is 10.8. The zero-order valence-corrected chi connectivity index (χ0v) is 29.8. The van der Waals surface area contributed by atoms with Crippen LogP contribution in [-0.2, 0) is 0 Å². The SMILES string of the molecule is CC(=C\C=C(/C)n1c2ccccc2c2ccc(-c3cccc4c3oc3ccccc34)cc21)/C1=c2\cccc\c2=C(/C2=CC=CCC2)C/C=C\C=C/C1. The lowest BCUT2D eigenvalue weighted by atomic mass is 9.90. The molecule has 7 aromatic rings. The maximum absolute atomic E-state index is 6.46. The molecule has 9 rings (SSSR count). The van der Waals surface area contributed by atoms with Crippen molar-refractivity contribution in [2.75, 3.05) is 0 Å². The zero-order chi connectivity index (χ0) is 35.0. The Morgan fingerprint density at radius 1 is 0.635 bits per heavy atom. The second-order valence-corrected chi connectivity index (χ2v) is 13.9. The number of hydrogen-bond donors (Lipinski definition) is 0. The second kappa shape index (κ2) is 13.5. The van der Waals surface area contributed by atoms with E-state index in [1.54, 1.807) is 0 Å². The highest BCUT2D eigenvalue weighted by atomic mass is 16.3. The minimum Gasteiger partial charge on any atom is -0.455 e. The van der Waals surface area contributed by atoms with E-state index in [9.17, 15) is 0 Å². The number of rotatable bonds is 5. The van der Waals surface area contributed by atoms with Crippen LogP contribution < -0.4 is 10.4 Å². The summed E-state index contributed by atoms with van der Waals surface area (Å²) in [6, 6.07) is 39.4. The molecule has 52 heavy (non-hydrogen) atoms. The lowest BCUT2D eigenvalue weighted by Crippen LogP contribution is -2.30. The van der Waals surface area contributed by atoms with E-state index in [0.717, 1.165) is 58.7 Å². The van der Waals surface area contributed by atoms with Crippen LogP contribution in [0.1, 0.15) is 39.5 Å². The summed E-state index contributed by atoms with van der Waals surface area (Å²) in [6.07, 6.45) is 24.4. The summed E-state index contributed by atoms with van der Waals surface area (Å²) < 4.78 is 8.88. The number of nitrogens with zero attached hydrogens (tertiary/aromatic N) is 1. The van der Waals surface area contributed by atoms with Crippen molar-refractivity contribution in [3.8, 4) is 11.1 Å². The smallest absolute Gasteiger partial charge is 0.143 e. The van der Waals surface area contributed by atoms with Crippen molar-refractivity contribution in [2.45, 2.75) is 39.5 Å². The molecule has 2 aliphatic rings. The molecule has 2 nitrogen and oxygen atoms in total. The molecule has 0 aliphatic heterocycles. The Morgan fingerprint density at radius 2 is 1.38 bits per heavy atom. The fraction of sp³-hybridized carbons (Fsp3) is 0.120. The molecule has 0 saturated carbocycles. The largest absolute Gasteiger partial charge is 0.455 e. The topological polar surface area (TPSA) is 18.1 Å². The molecule has 5 aromatic carbocycles. The van der Waals surface area contributed by atoms with Crippen molar-refractivity contribution >= 4 is 60.6 Å². The van der Waals surface area contributed by atoms with Crippen LogP contribution in [0, 0.1) is 0 Å². The average molecular weight is 672 g/mol. The van der Waals surface area contributed by atoms with Gasteiger partial charge in [-0.05, 0) is 102 Å². The van der Waals surface area contributed by atoms with E-state index in [1.165, 1.54) is 60.2 Å². The lowest BCUT2D eigenvalue weighted by molar-refractivity contribution is 0.670. The zero-order valence-electron chi connectivity index (χ0n) is 29.8. The quantitative estimate of drug-likeness (QED) is 0.167. The summed E-state index contributed by atoms with van der Waals surface area (Å²) in [5, 5.41) is 7.47. The van der Waals surface area contributed by atoms with Crippen LogP contribution in [0.15, 0.2) is 179 Å². The minimum absolute atomic E-state index is 0.870. The molecule has 0 fully saturated rings. The van der Waals surface area contributed by atoms with Crippen LogP contribution in [-0.4, -0.2) is 4.57 Å². The number of fused-ring (bicyclic) bond motifs is 7. The van der Waals surface area contributed by atoms with Gasteiger partial charge in [-0.3, -0.25) is 0 Å². The van der Waals surface area contributed by atoms with Gasteiger partial charge in [-0.2, -0.15) is 0 Å². The fourth-order valence-electron chi connectivity index (χ4n) is 8.20. The van der Waals surface area contributed by atoms with E-state index in [2.05, 4.69) is 176 Å². The number of aromatic nitrogens is 1. The third kappa shape index (κ3) is 5.61. The average Bonchev–Trinajstić information content (AvgIpc) is 3.74. The van der Waals surface area contributed by atoms with Gasteiger partial charge in [-0.15, -0.1) is 0 Å². The van der Waals surface area contributed by atoms with Gasteiger partial charge in [-0.1, -0.05) is 140 Å². The molecule has 0 radical (unpaired) electrons. The molecule has 0 saturated heterocycles. The summed E-state index contributed by atoms with van der Waals surface area (Å²) in [4.78, 5) is 0. The van der Waals surface area contributed by atoms with Crippen LogP contribution >= 0.6 is 0 Å². The van der Waals surface area contributed by atoms with Gasteiger partial charge in [0, 0.05) is 32.8 Å². The second-order valence-electron chi connectivity index (χ2n) is 13.9.